The number of nitrogens with zero attached hydrogens (tertiary/aromatic N) is 3. The molecule has 2 aromatic heterocycles. The van der Waals surface area contributed by atoms with Gasteiger partial charge in [-0.05, 0) is 49.4 Å². The number of anilines is 1. The van der Waals surface area contributed by atoms with Crippen LogP contribution in [-0.2, 0) is 27.2 Å². The van der Waals surface area contributed by atoms with E-state index in [0.29, 0.717) is 24.0 Å². The molecule has 0 radical (unpaired) electrons. The molecule has 40 heavy (non-hydrogen) atoms. The summed E-state index contributed by atoms with van der Waals surface area (Å²) in [6, 6.07) is 6.18. The maximum Gasteiger partial charge on any atom is 0.416 e. The Labute approximate surface area is 228 Å². The van der Waals surface area contributed by atoms with Gasteiger partial charge < -0.3 is 15.0 Å². The first-order chi connectivity index (χ1) is 19.0. The summed E-state index contributed by atoms with van der Waals surface area (Å²) in [6.07, 6.45) is 2.79. The third-order valence-electron chi connectivity index (χ3n) is 6.91. The van der Waals surface area contributed by atoms with Gasteiger partial charge in [0.2, 0.25) is 0 Å². The fraction of sp³-hybridized carbons (Fsp3) is 0.423. The number of aliphatic hydroxyl groups excluding tert-OH is 1. The third-order valence-corrected chi connectivity index (χ3v) is 7.98. The van der Waals surface area contributed by atoms with Gasteiger partial charge in [-0.15, -0.1) is 0 Å². The Kier molecular flexibility index (Phi) is 7.95. The largest absolute Gasteiger partial charge is 0.416 e. The molecule has 1 aromatic carbocycles. The Morgan fingerprint density at radius 3 is 2.73 bits per heavy atom. The van der Waals surface area contributed by atoms with Crippen LogP contribution in [0.15, 0.2) is 55.2 Å². The molecule has 0 spiro atoms. The SMILES string of the molecule is O=C(c1ccn(Cc2cccc(C(F)(F)F)c2)c1)c1cncnc1NC1CC(O)C(COS(=O)(=O)NC2CC2)C1. The number of ketones is 1. The van der Waals surface area contributed by atoms with Crippen LogP contribution in [0.25, 0.3) is 0 Å². The van der Waals surface area contributed by atoms with Crippen molar-refractivity contribution < 1.29 is 35.7 Å². The van der Waals surface area contributed by atoms with E-state index in [1.165, 1.54) is 18.6 Å². The molecule has 3 N–H and O–H groups in total. The van der Waals surface area contributed by atoms with Crippen molar-refractivity contribution in [2.45, 2.75) is 56.6 Å². The summed E-state index contributed by atoms with van der Waals surface area (Å²) in [4.78, 5) is 21.5. The first-order valence-electron chi connectivity index (χ1n) is 12.7. The highest BCUT2D eigenvalue weighted by atomic mass is 32.2. The standard InChI is InChI=1S/C26H28F3N5O5S/c27-26(28,29)19-3-1-2-16(8-19)12-34-7-6-17(13-34)24(36)22-11-30-15-31-25(22)32-21-9-18(23(35)10-21)14-39-40(37,38)33-20-4-5-20/h1-3,6-8,11,13,15,18,20-21,23,33,35H,4-5,9-10,12,14H2,(H,30,31,32). The van der Waals surface area contributed by atoms with E-state index in [4.69, 9.17) is 4.18 Å². The molecule has 0 saturated heterocycles. The van der Waals surface area contributed by atoms with Crippen LogP contribution < -0.4 is 10.0 Å². The zero-order valence-electron chi connectivity index (χ0n) is 21.2. The predicted octanol–water partition coefficient (Wildman–Crippen LogP) is 3.14. The molecule has 5 rings (SSSR count). The van der Waals surface area contributed by atoms with Crippen LogP contribution in [0.4, 0.5) is 19.0 Å². The monoisotopic (exact) mass is 579 g/mol. The summed E-state index contributed by atoms with van der Waals surface area (Å²) >= 11 is 0. The number of halogens is 3. The number of hydrogen-bond donors (Lipinski definition) is 3. The van der Waals surface area contributed by atoms with Crippen LogP contribution in [0.3, 0.4) is 0 Å². The minimum atomic E-state index is -4.45. The molecule has 3 unspecified atom stereocenters. The third kappa shape index (κ3) is 7.05. The van der Waals surface area contributed by atoms with Crippen molar-refractivity contribution in [3.05, 3.63) is 77.5 Å². The highest BCUT2D eigenvalue weighted by Crippen LogP contribution is 2.31. The minimum absolute atomic E-state index is 0.0841. The Morgan fingerprint density at radius 1 is 1.18 bits per heavy atom. The van der Waals surface area contributed by atoms with Crippen LogP contribution in [0, 0.1) is 5.92 Å². The smallest absolute Gasteiger partial charge is 0.393 e. The molecule has 3 aromatic rings. The second-order valence-electron chi connectivity index (χ2n) is 10.2. The van der Waals surface area contributed by atoms with Crippen molar-refractivity contribution in [2.24, 2.45) is 5.92 Å². The highest BCUT2D eigenvalue weighted by molar-refractivity contribution is 7.84. The van der Waals surface area contributed by atoms with E-state index < -0.39 is 34.1 Å². The highest BCUT2D eigenvalue weighted by Gasteiger charge is 2.36. The van der Waals surface area contributed by atoms with Gasteiger partial charge in [0.15, 0.2) is 5.78 Å². The predicted molar refractivity (Wildman–Crippen MR) is 138 cm³/mol. The maximum atomic E-state index is 13.3. The summed E-state index contributed by atoms with van der Waals surface area (Å²) in [6.45, 7) is -0.0285. The van der Waals surface area contributed by atoms with Gasteiger partial charge in [0.25, 0.3) is 0 Å². The van der Waals surface area contributed by atoms with E-state index in [-0.39, 0.29) is 42.4 Å². The van der Waals surface area contributed by atoms with Crippen molar-refractivity contribution in [1.82, 2.24) is 19.3 Å². The molecule has 14 heteroatoms. The quantitative estimate of drug-likeness (QED) is 0.295. The second-order valence-corrected chi connectivity index (χ2v) is 11.5. The zero-order chi connectivity index (χ0) is 28.5. The number of hydrogen-bond acceptors (Lipinski definition) is 8. The lowest BCUT2D eigenvalue weighted by molar-refractivity contribution is -0.137. The van der Waals surface area contributed by atoms with Gasteiger partial charge in [0.1, 0.15) is 12.1 Å². The van der Waals surface area contributed by atoms with Crippen molar-refractivity contribution in [3.63, 3.8) is 0 Å². The molecule has 2 saturated carbocycles. The number of alkyl halides is 3. The van der Waals surface area contributed by atoms with Gasteiger partial charge >= 0.3 is 16.5 Å². The first-order valence-corrected chi connectivity index (χ1v) is 14.2. The average molecular weight is 580 g/mol. The normalized spacial score (nSPS) is 21.4. The molecule has 2 fully saturated rings. The molecular formula is C26H28F3N5O5S. The van der Waals surface area contributed by atoms with Gasteiger partial charge in [0.05, 0.1) is 23.8 Å². The van der Waals surface area contributed by atoms with Crippen molar-refractivity contribution in [3.8, 4) is 0 Å². The van der Waals surface area contributed by atoms with E-state index >= 15 is 0 Å². The van der Waals surface area contributed by atoms with Crippen LogP contribution in [0.2, 0.25) is 0 Å². The van der Waals surface area contributed by atoms with Crippen LogP contribution in [0.1, 0.15) is 52.7 Å². The molecule has 0 bridgehead atoms. The molecule has 2 aliphatic rings. The summed E-state index contributed by atoms with van der Waals surface area (Å²) in [5.41, 5.74) is 0.179. The number of aromatic nitrogens is 3. The molecule has 10 nitrogen and oxygen atoms in total. The fourth-order valence-electron chi connectivity index (χ4n) is 4.71. The molecule has 214 valence electrons. The van der Waals surface area contributed by atoms with Gasteiger partial charge in [-0.3, -0.25) is 8.98 Å². The summed E-state index contributed by atoms with van der Waals surface area (Å²) in [5.74, 6) is -0.562. The maximum absolute atomic E-state index is 13.3. The molecule has 2 aliphatic carbocycles. The molecule has 3 atom stereocenters. The zero-order valence-corrected chi connectivity index (χ0v) is 22.0. The second kappa shape index (κ2) is 11.3. The Hall–Kier alpha value is -3.33. The van der Waals surface area contributed by atoms with Crippen molar-refractivity contribution in [1.29, 1.82) is 0 Å². The van der Waals surface area contributed by atoms with E-state index in [1.54, 1.807) is 29.1 Å². The van der Waals surface area contributed by atoms with E-state index in [0.717, 1.165) is 25.0 Å². The fourth-order valence-corrected chi connectivity index (χ4v) is 5.77. The van der Waals surface area contributed by atoms with Gasteiger partial charge in [-0.25, -0.2) is 9.97 Å². The summed E-state index contributed by atoms with van der Waals surface area (Å²) in [7, 11) is -3.88. The minimum Gasteiger partial charge on any atom is -0.393 e. The molecule has 0 aliphatic heterocycles. The lowest BCUT2D eigenvalue weighted by Gasteiger charge is -2.16. The number of carbonyl (C=O) groups is 1. The number of benzene rings is 1. The van der Waals surface area contributed by atoms with Gasteiger partial charge in [-0.1, -0.05) is 12.1 Å². The van der Waals surface area contributed by atoms with Crippen LogP contribution >= 0.6 is 0 Å². The van der Waals surface area contributed by atoms with Crippen LogP contribution in [0.5, 0.6) is 0 Å². The molecule has 2 heterocycles. The topological polar surface area (TPSA) is 135 Å². The Balaban J connectivity index is 1.22. The number of nitrogens with one attached hydrogen (secondary N) is 2. The Morgan fingerprint density at radius 2 is 1.98 bits per heavy atom. The Bertz CT molecular complexity index is 1480. The van der Waals surface area contributed by atoms with Crippen molar-refractivity contribution in [2.75, 3.05) is 11.9 Å². The van der Waals surface area contributed by atoms with Gasteiger partial charge in [-0.2, -0.15) is 26.3 Å². The van der Waals surface area contributed by atoms with Crippen molar-refractivity contribution >= 4 is 21.9 Å². The summed E-state index contributed by atoms with van der Waals surface area (Å²) in [5, 5.41) is 13.6. The number of aliphatic hydroxyl groups is 1. The van der Waals surface area contributed by atoms with Crippen LogP contribution in [-0.4, -0.2) is 58.6 Å². The number of carbonyl (C=O) groups excluding carboxylic acids is 1. The first kappa shape index (κ1) is 28.2. The van der Waals surface area contributed by atoms with Gasteiger partial charge in [0, 0.05) is 48.7 Å². The molecule has 0 amide bonds. The summed E-state index contributed by atoms with van der Waals surface area (Å²) < 4.78 is 72.2. The lowest BCUT2D eigenvalue weighted by atomic mass is 10.1. The van der Waals surface area contributed by atoms with E-state index in [1.807, 2.05) is 0 Å². The lowest BCUT2D eigenvalue weighted by Crippen LogP contribution is -2.30. The number of rotatable bonds is 11. The average Bonchev–Trinajstić information content (AvgIpc) is 3.45. The van der Waals surface area contributed by atoms with E-state index in [2.05, 4.69) is 20.0 Å². The molecular weight excluding hydrogens is 551 g/mol. The van der Waals surface area contributed by atoms with E-state index in [9.17, 15) is 31.5 Å².